The molecule has 0 fully saturated rings. The van der Waals surface area contributed by atoms with E-state index in [9.17, 15) is 9.59 Å². The largest absolute Gasteiger partial charge is 0.478 e. The van der Waals surface area contributed by atoms with Crippen molar-refractivity contribution in [1.29, 1.82) is 0 Å². The molecule has 2 N–H and O–H groups in total. The Morgan fingerprint density at radius 1 is 1.19 bits per heavy atom. The molecule has 108 valence electrons. The summed E-state index contributed by atoms with van der Waals surface area (Å²) in [7, 11) is 0. The van der Waals surface area contributed by atoms with Gasteiger partial charge in [0.15, 0.2) is 0 Å². The highest BCUT2D eigenvalue weighted by Gasteiger charge is 2.11. The van der Waals surface area contributed by atoms with Gasteiger partial charge in [-0.15, -0.1) is 0 Å². The van der Waals surface area contributed by atoms with E-state index in [1.54, 1.807) is 30.3 Å². The summed E-state index contributed by atoms with van der Waals surface area (Å²) in [5.41, 5.74) is 1.22. The van der Waals surface area contributed by atoms with Gasteiger partial charge in [0, 0.05) is 9.50 Å². The van der Waals surface area contributed by atoms with Gasteiger partial charge in [-0.3, -0.25) is 4.79 Å². The number of benzene rings is 2. The highest BCUT2D eigenvalue weighted by atomic mass is 79.9. The van der Waals surface area contributed by atoms with Crippen molar-refractivity contribution in [2.45, 2.75) is 6.42 Å². The minimum Gasteiger partial charge on any atom is -0.478 e. The number of nitrogens with one attached hydrogen (secondary N) is 1. The molecule has 0 spiro atoms. The monoisotopic (exact) mass is 367 g/mol. The number of aromatic carboxylic acids is 1. The first-order chi connectivity index (χ1) is 9.97. The molecule has 0 aliphatic carbocycles. The number of anilines is 1. The lowest BCUT2D eigenvalue weighted by atomic mass is 10.1. The van der Waals surface area contributed by atoms with Gasteiger partial charge in [0.05, 0.1) is 17.7 Å². The predicted molar refractivity (Wildman–Crippen MR) is 84.9 cm³/mol. The van der Waals surface area contributed by atoms with Crippen molar-refractivity contribution in [3.8, 4) is 0 Å². The maximum atomic E-state index is 12.0. The van der Waals surface area contributed by atoms with E-state index in [0.29, 0.717) is 20.7 Å². The highest BCUT2D eigenvalue weighted by molar-refractivity contribution is 9.10. The molecule has 0 bridgehead atoms. The second kappa shape index (κ2) is 6.74. The highest BCUT2D eigenvalue weighted by Crippen LogP contribution is 2.24. The van der Waals surface area contributed by atoms with E-state index in [-0.39, 0.29) is 17.9 Å². The van der Waals surface area contributed by atoms with Gasteiger partial charge < -0.3 is 10.4 Å². The minimum atomic E-state index is -1.05. The van der Waals surface area contributed by atoms with Crippen LogP contribution in [0.1, 0.15) is 15.9 Å². The number of rotatable bonds is 4. The zero-order chi connectivity index (χ0) is 15.4. The zero-order valence-electron chi connectivity index (χ0n) is 10.8. The third-order valence-electron chi connectivity index (χ3n) is 2.80. The smallest absolute Gasteiger partial charge is 0.335 e. The van der Waals surface area contributed by atoms with Crippen molar-refractivity contribution >= 4 is 45.1 Å². The van der Waals surface area contributed by atoms with Crippen LogP contribution >= 0.6 is 27.5 Å². The zero-order valence-corrected chi connectivity index (χ0v) is 13.1. The Morgan fingerprint density at radius 3 is 2.57 bits per heavy atom. The Kier molecular flexibility index (Phi) is 4.98. The summed E-state index contributed by atoms with van der Waals surface area (Å²) in [6.45, 7) is 0. The van der Waals surface area contributed by atoms with Gasteiger partial charge in [-0.2, -0.15) is 0 Å². The molecular weight excluding hydrogens is 358 g/mol. The van der Waals surface area contributed by atoms with Gasteiger partial charge in [-0.25, -0.2) is 4.79 Å². The van der Waals surface area contributed by atoms with Crippen LogP contribution in [0.15, 0.2) is 46.9 Å². The summed E-state index contributed by atoms with van der Waals surface area (Å²) in [4.78, 5) is 23.0. The topological polar surface area (TPSA) is 66.4 Å². The fraction of sp³-hybridized carbons (Fsp3) is 0.0667. The van der Waals surface area contributed by atoms with Crippen LogP contribution in [0.2, 0.25) is 5.02 Å². The maximum Gasteiger partial charge on any atom is 0.335 e. The van der Waals surface area contributed by atoms with Crippen LogP contribution in [0.5, 0.6) is 0 Å². The SMILES string of the molecule is O=C(Cc1ccccc1Cl)Nc1cc(C(=O)O)ccc1Br. The van der Waals surface area contributed by atoms with E-state index < -0.39 is 5.97 Å². The van der Waals surface area contributed by atoms with Crippen molar-refractivity contribution in [3.05, 3.63) is 63.1 Å². The molecule has 0 heterocycles. The molecule has 4 nitrogen and oxygen atoms in total. The molecule has 0 saturated heterocycles. The Morgan fingerprint density at radius 2 is 1.90 bits per heavy atom. The molecule has 21 heavy (non-hydrogen) atoms. The average molecular weight is 369 g/mol. The van der Waals surface area contributed by atoms with Crippen LogP contribution in [-0.2, 0) is 11.2 Å². The average Bonchev–Trinajstić information content (AvgIpc) is 2.43. The quantitative estimate of drug-likeness (QED) is 0.858. The molecule has 0 atom stereocenters. The van der Waals surface area contributed by atoms with E-state index in [4.69, 9.17) is 16.7 Å². The lowest BCUT2D eigenvalue weighted by molar-refractivity contribution is -0.115. The van der Waals surface area contributed by atoms with Gasteiger partial charge in [0.25, 0.3) is 0 Å². The molecule has 0 saturated carbocycles. The number of carbonyl (C=O) groups excluding carboxylic acids is 1. The number of hydrogen-bond donors (Lipinski definition) is 2. The lowest BCUT2D eigenvalue weighted by Gasteiger charge is -2.09. The van der Waals surface area contributed by atoms with Crippen LogP contribution in [0.4, 0.5) is 5.69 Å². The second-order valence-corrected chi connectivity index (χ2v) is 5.58. The minimum absolute atomic E-state index is 0.103. The molecule has 0 radical (unpaired) electrons. The first-order valence-electron chi connectivity index (χ1n) is 6.03. The third kappa shape index (κ3) is 4.06. The van der Waals surface area contributed by atoms with E-state index in [2.05, 4.69) is 21.2 Å². The summed E-state index contributed by atoms with van der Waals surface area (Å²) in [6.07, 6.45) is 0.114. The van der Waals surface area contributed by atoms with Crippen LogP contribution < -0.4 is 5.32 Å². The van der Waals surface area contributed by atoms with Crippen LogP contribution in [0.3, 0.4) is 0 Å². The number of carbonyl (C=O) groups is 2. The van der Waals surface area contributed by atoms with Gasteiger partial charge in [0.2, 0.25) is 5.91 Å². The third-order valence-corrected chi connectivity index (χ3v) is 3.86. The number of hydrogen-bond acceptors (Lipinski definition) is 2. The summed E-state index contributed by atoms with van der Waals surface area (Å²) in [5.74, 6) is -1.32. The molecule has 0 aromatic heterocycles. The predicted octanol–water partition coefficient (Wildman–Crippen LogP) is 3.98. The van der Waals surface area contributed by atoms with Crippen molar-refractivity contribution < 1.29 is 14.7 Å². The Hall–Kier alpha value is -1.85. The van der Waals surface area contributed by atoms with E-state index in [1.807, 2.05) is 0 Å². The first-order valence-corrected chi connectivity index (χ1v) is 7.20. The second-order valence-electron chi connectivity index (χ2n) is 4.32. The lowest BCUT2D eigenvalue weighted by Crippen LogP contribution is -2.15. The Labute approximate surface area is 134 Å². The van der Waals surface area contributed by atoms with Gasteiger partial charge in [-0.05, 0) is 45.8 Å². The first kappa shape index (κ1) is 15.5. The van der Waals surface area contributed by atoms with Gasteiger partial charge >= 0.3 is 5.97 Å². The van der Waals surface area contributed by atoms with E-state index in [0.717, 1.165) is 0 Å². The maximum absolute atomic E-state index is 12.0. The van der Waals surface area contributed by atoms with Crippen molar-refractivity contribution in [2.75, 3.05) is 5.32 Å². The Balaban J connectivity index is 2.15. The summed E-state index contributed by atoms with van der Waals surface area (Å²) in [6, 6.07) is 11.5. The number of carboxylic acid groups (broad SMARTS) is 1. The van der Waals surface area contributed by atoms with Gasteiger partial charge in [-0.1, -0.05) is 29.8 Å². The standard InChI is InChI=1S/C15H11BrClNO3/c16-11-6-5-10(15(20)21)7-13(11)18-14(19)8-9-3-1-2-4-12(9)17/h1-7H,8H2,(H,18,19)(H,20,21). The fourth-order valence-electron chi connectivity index (χ4n) is 1.76. The van der Waals surface area contributed by atoms with Crippen molar-refractivity contribution in [3.63, 3.8) is 0 Å². The molecule has 2 aromatic rings. The van der Waals surface area contributed by atoms with E-state index in [1.165, 1.54) is 12.1 Å². The van der Waals surface area contributed by atoms with Gasteiger partial charge in [0.1, 0.15) is 0 Å². The van der Waals surface area contributed by atoms with Crippen molar-refractivity contribution in [1.82, 2.24) is 0 Å². The normalized spacial score (nSPS) is 10.2. The van der Waals surface area contributed by atoms with E-state index >= 15 is 0 Å². The van der Waals surface area contributed by atoms with Crippen molar-refractivity contribution in [2.24, 2.45) is 0 Å². The number of amides is 1. The van der Waals surface area contributed by atoms with Crippen LogP contribution in [0, 0.1) is 0 Å². The van der Waals surface area contributed by atoms with Crippen LogP contribution in [-0.4, -0.2) is 17.0 Å². The molecule has 2 rings (SSSR count). The van der Waals surface area contributed by atoms with Crippen LogP contribution in [0.25, 0.3) is 0 Å². The summed E-state index contributed by atoms with van der Waals surface area (Å²) in [5, 5.41) is 12.2. The summed E-state index contributed by atoms with van der Waals surface area (Å²) >= 11 is 9.28. The number of carboxylic acids is 1. The molecule has 1 amide bonds. The molecule has 0 aliphatic heterocycles. The Bertz CT molecular complexity index is 703. The molecule has 0 unspecified atom stereocenters. The fourth-order valence-corrected chi connectivity index (χ4v) is 2.31. The molecule has 6 heteroatoms. The number of halogens is 2. The molecule has 0 aliphatic rings. The summed E-state index contributed by atoms with van der Waals surface area (Å²) < 4.78 is 0.611. The molecular formula is C15H11BrClNO3. The molecule has 2 aromatic carbocycles.